The van der Waals surface area contributed by atoms with E-state index >= 15 is 0 Å². The number of urea groups is 1. The number of hydrogen-bond acceptors (Lipinski definition) is 3. The molecule has 0 aromatic heterocycles. The zero-order chi connectivity index (χ0) is 16.4. The fourth-order valence-corrected chi connectivity index (χ4v) is 5.96. The van der Waals surface area contributed by atoms with Crippen LogP contribution in [0.4, 0.5) is 4.79 Å². The van der Waals surface area contributed by atoms with Gasteiger partial charge in [0.2, 0.25) is 0 Å². The third-order valence-corrected chi connectivity index (χ3v) is 7.88. The van der Waals surface area contributed by atoms with Gasteiger partial charge in [0.1, 0.15) is 0 Å². The number of likely N-dealkylation sites (tertiary alicyclic amines) is 1. The first-order valence-electron chi connectivity index (χ1n) is 9.24. The summed E-state index contributed by atoms with van der Waals surface area (Å²) >= 11 is 0. The van der Waals surface area contributed by atoms with Crippen molar-refractivity contribution in [3.63, 3.8) is 0 Å². The van der Waals surface area contributed by atoms with Crippen molar-refractivity contribution >= 4 is 16.8 Å². The lowest BCUT2D eigenvalue weighted by molar-refractivity contribution is 0.182. The lowest BCUT2D eigenvalue weighted by atomic mass is 9.95. The van der Waals surface area contributed by atoms with Crippen molar-refractivity contribution in [2.75, 3.05) is 25.9 Å². The predicted octanol–water partition coefficient (Wildman–Crippen LogP) is 1.94. The molecule has 5 atom stereocenters. The molecule has 6 heteroatoms. The van der Waals surface area contributed by atoms with E-state index in [4.69, 9.17) is 0 Å². The first kappa shape index (κ1) is 17.2. The Kier molecular flexibility index (Phi) is 5.62. The summed E-state index contributed by atoms with van der Waals surface area (Å²) in [5.74, 6) is 0.690. The Hall–Kier alpha value is -0.620. The van der Waals surface area contributed by atoms with E-state index in [1.165, 1.54) is 12.8 Å². The zero-order valence-corrected chi connectivity index (χ0v) is 15.3. The predicted molar refractivity (Wildman–Crippen MR) is 94.0 cm³/mol. The van der Waals surface area contributed by atoms with Crippen LogP contribution in [0.1, 0.15) is 51.9 Å². The topological polar surface area (TPSA) is 52.7 Å². The van der Waals surface area contributed by atoms with E-state index in [0.29, 0.717) is 17.8 Å². The molecule has 2 aliphatic heterocycles. The van der Waals surface area contributed by atoms with Crippen molar-refractivity contribution in [2.24, 2.45) is 0 Å². The second-order valence-corrected chi connectivity index (χ2v) is 9.28. The van der Waals surface area contributed by atoms with Gasteiger partial charge < -0.3 is 10.2 Å². The summed E-state index contributed by atoms with van der Waals surface area (Å²) < 4.78 is 12.3. The molecule has 2 heterocycles. The molecule has 0 unspecified atom stereocenters. The van der Waals surface area contributed by atoms with Crippen molar-refractivity contribution in [3.8, 4) is 0 Å². The van der Waals surface area contributed by atoms with Crippen molar-refractivity contribution < 1.29 is 9.00 Å². The highest BCUT2D eigenvalue weighted by Crippen LogP contribution is 2.29. The maximum absolute atomic E-state index is 12.8. The summed E-state index contributed by atoms with van der Waals surface area (Å²) in [6.07, 6.45) is 7.79. The Bertz CT molecular complexity index is 459. The smallest absolute Gasteiger partial charge is 0.317 e. The van der Waals surface area contributed by atoms with Gasteiger partial charge in [-0.1, -0.05) is 19.8 Å². The minimum Gasteiger partial charge on any atom is -0.334 e. The summed E-state index contributed by atoms with van der Waals surface area (Å²) in [7, 11) is 1.38. The van der Waals surface area contributed by atoms with Crippen LogP contribution in [0.15, 0.2) is 0 Å². The highest BCUT2D eigenvalue weighted by atomic mass is 32.2. The summed E-state index contributed by atoms with van der Waals surface area (Å²) in [6.45, 7) is 3.67. The van der Waals surface area contributed by atoms with Crippen LogP contribution in [-0.2, 0) is 10.8 Å². The van der Waals surface area contributed by atoms with E-state index in [1.807, 2.05) is 11.8 Å². The van der Waals surface area contributed by atoms with E-state index in [9.17, 15) is 9.00 Å². The Morgan fingerprint density at radius 1 is 1.13 bits per heavy atom. The number of amides is 2. The van der Waals surface area contributed by atoms with Crippen LogP contribution in [0.5, 0.6) is 0 Å². The molecule has 1 saturated carbocycles. The minimum atomic E-state index is -0.817. The van der Waals surface area contributed by atoms with Crippen LogP contribution in [0.25, 0.3) is 0 Å². The van der Waals surface area contributed by atoms with Crippen molar-refractivity contribution in [1.29, 1.82) is 0 Å². The van der Waals surface area contributed by atoms with Crippen LogP contribution >= 0.6 is 0 Å². The molecule has 1 N–H and O–H groups in total. The first-order valence-corrected chi connectivity index (χ1v) is 10.6. The molecule has 0 aromatic carbocycles. The molecule has 2 saturated heterocycles. The maximum Gasteiger partial charge on any atom is 0.317 e. The SMILES string of the molecule is CC[S@](=O)[C@H]1CCCC[C@H]1NC(=O)N1CC[C@H]2CC[C@@H](C1)N2C. The number of likely N-dealkylation sites (N-methyl/N-ethyl adjacent to an activating group) is 1. The normalized spacial score (nSPS) is 36.5. The average molecular weight is 342 g/mol. The van der Waals surface area contributed by atoms with E-state index < -0.39 is 10.8 Å². The lowest BCUT2D eigenvalue weighted by Crippen LogP contribution is -2.53. The molecule has 3 rings (SSSR count). The summed E-state index contributed by atoms with van der Waals surface area (Å²) in [5, 5.41) is 3.37. The van der Waals surface area contributed by atoms with Gasteiger partial charge in [0.05, 0.1) is 5.25 Å². The van der Waals surface area contributed by atoms with Crippen LogP contribution in [0.3, 0.4) is 0 Å². The van der Waals surface area contributed by atoms with Crippen LogP contribution in [-0.4, -0.2) is 69.3 Å². The fraction of sp³-hybridized carbons (Fsp3) is 0.941. The maximum atomic E-state index is 12.8. The van der Waals surface area contributed by atoms with E-state index in [1.54, 1.807) is 0 Å². The standard InChI is InChI=1S/C17H31N3O2S/c1-3-23(22)16-7-5-4-6-15(16)18-17(21)20-11-10-13-8-9-14(12-20)19(13)2/h13-16H,3-12H2,1-2H3,(H,18,21)/t13-,14+,15-,16+,23+/m1/s1. The molecule has 23 heavy (non-hydrogen) atoms. The molecule has 3 fully saturated rings. The molecule has 132 valence electrons. The molecular weight excluding hydrogens is 310 g/mol. The highest BCUT2D eigenvalue weighted by molar-refractivity contribution is 7.85. The van der Waals surface area contributed by atoms with Crippen LogP contribution in [0, 0.1) is 0 Å². The van der Waals surface area contributed by atoms with Gasteiger partial charge in [0, 0.05) is 47.8 Å². The Morgan fingerprint density at radius 3 is 2.65 bits per heavy atom. The quantitative estimate of drug-likeness (QED) is 0.853. The number of fused-ring (bicyclic) bond motifs is 2. The van der Waals surface area contributed by atoms with Crippen LogP contribution < -0.4 is 5.32 Å². The fourth-order valence-electron chi connectivity index (χ4n) is 4.53. The second kappa shape index (κ2) is 7.51. The monoisotopic (exact) mass is 341 g/mol. The molecule has 0 spiro atoms. The van der Waals surface area contributed by atoms with E-state index in [2.05, 4.69) is 17.3 Å². The highest BCUT2D eigenvalue weighted by Gasteiger charge is 2.37. The summed E-state index contributed by atoms with van der Waals surface area (Å²) in [5.41, 5.74) is 0. The molecule has 2 bridgehead atoms. The number of carbonyl (C=O) groups excluding carboxylic acids is 1. The Labute approximate surface area is 142 Å². The lowest BCUT2D eigenvalue weighted by Gasteiger charge is -2.34. The number of nitrogens with zero attached hydrogens (tertiary/aromatic N) is 2. The third kappa shape index (κ3) is 3.73. The number of rotatable bonds is 3. The largest absolute Gasteiger partial charge is 0.334 e. The van der Waals surface area contributed by atoms with Crippen molar-refractivity contribution in [2.45, 2.75) is 75.2 Å². The van der Waals surface area contributed by atoms with Gasteiger partial charge in [0.25, 0.3) is 0 Å². The molecule has 5 nitrogen and oxygen atoms in total. The molecule has 1 aliphatic carbocycles. The summed E-state index contributed by atoms with van der Waals surface area (Å²) in [4.78, 5) is 17.2. The summed E-state index contributed by atoms with van der Waals surface area (Å²) in [6, 6.07) is 1.32. The van der Waals surface area contributed by atoms with E-state index in [-0.39, 0.29) is 17.3 Å². The average Bonchev–Trinajstić information content (AvgIpc) is 2.79. The number of nitrogens with one attached hydrogen (secondary N) is 1. The minimum absolute atomic E-state index is 0.0657. The first-order chi connectivity index (χ1) is 11.1. The Balaban J connectivity index is 1.60. The molecule has 3 aliphatic rings. The van der Waals surface area contributed by atoms with Gasteiger partial charge in [-0.15, -0.1) is 0 Å². The van der Waals surface area contributed by atoms with E-state index in [0.717, 1.165) is 45.2 Å². The number of carbonyl (C=O) groups is 1. The van der Waals surface area contributed by atoms with Gasteiger partial charge in [-0.25, -0.2) is 4.79 Å². The molecule has 2 amide bonds. The zero-order valence-electron chi connectivity index (χ0n) is 14.5. The van der Waals surface area contributed by atoms with Crippen LogP contribution in [0.2, 0.25) is 0 Å². The van der Waals surface area contributed by atoms with Gasteiger partial charge in [-0.2, -0.15) is 0 Å². The van der Waals surface area contributed by atoms with Crippen molar-refractivity contribution in [3.05, 3.63) is 0 Å². The molecule has 0 radical (unpaired) electrons. The third-order valence-electron chi connectivity index (χ3n) is 6.07. The molecular formula is C17H31N3O2S. The number of hydrogen-bond donors (Lipinski definition) is 1. The van der Waals surface area contributed by atoms with Gasteiger partial charge in [-0.3, -0.25) is 9.11 Å². The second-order valence-electron chi connectivity index (χ2n) is 7.33. The Morgan fingerprint density at radius 2 is 1.87 bits per heavy atom. The van der Waals surface area contributed by atoms with Gasteiger partial charge in [-0.05, 0) is 39.2 Å². The van der Waals surface area contributed by atoms with Gasteiger partial charge >= 0.3 is 6.03 Å². The molecule has 0 aromatic rings. The van der Waals surface area contributed by atoms with Gasteiger partial charge in [0.15, 0.2) is 0 Å². The van der Waals surface area contributed by atoms with Crippen molar-refractivity contribution in [1.82, 2.24) is 15.1 Å².